The molecule has 0 atom stereocenters. The largest absolute Gasteiger partial charge is 0.462 e. The predicted octanol–water partition coefficient (Wildman–Crippen LogP) is 7.58. The van der Waals surface area contributed by atoms with E-state index in [1.165, 1.54) is 96.5 Å². The van der Waals surface area contributed by atoms with Crippen LogP contribution in [0.25, 0.3) is 0 Å². The maximum absolute atomic E-state index is 12.0. The van der Waals surface area contributed by atoms with Gasteiger partial charge in [-0.05, 0) is 26.7 Å². The van der Waals surface area contributed by atoms with E-state index >= 15 is 0 Å². The van der Waals surface area contributed by atoms with E-state index < -0.39 is 27.8 Å². The van der Waals surface area contributed by atoms with E-state index in [0.717, 1.165) is 19.3 Å². The van der Waals surface area contributed by atoms with Crippen LogP contribution in [-0.4, -0.2) is 32.7 Å². The molecular weight excluding hydrogens is 464 g/mol. The van der Waals surface area contributed by atoms with Crippen LogP contribution in [0.4, 0.5) is 0 Å². The van der Waals surface area contributed by atoms with E-state index in [9.17, 15) is 18.0 Å². The number of hydrogen-bond donors (Lipinski definition) is 0. The summed E-state index contributed by atoms with van der Waals surface area (Å²) in [6, 6.07) is 0. The minimum absolute atomic E-state index is 0.0120. The Kier molecular flexibility index (Phi) is 20.6. The third-order valence-electron chi connectivity index (χ3n) is 5.92. The summed E-state index contributed by atoms with van der Waals surface area (Å²) in [5.74, 6) is -1.80. The van der Waals surface area contributed by atoms with Gasteiger partial charge in [0.2, 0.25) is 0 Å². The third kappa shape index (κ3) is 21.4. The molecule has 0 bridgehead atoms. The van der Waals surface area contributed by atoms with Gasteiger partial charge in [0.1, 0.15) is 0 Å². The first-order valence-electron chi connectivity index (χ1n) is 13.7. The first-order chi connectivity index (χ1) is 16.7. The van der Waals surface area contributed by atoms with Crippen molar-refractivity contribution in [2.45, 2.75) is 130 Å². The summed E-state index contributed by atoms with van der Waals surface area (Å²) in [7, 11) is -4.00. The van der Waals surface area contributed by atoms with Crippen LogP contribution in [0.1, 0.15) is 130 Å². The van der Waals surface area contributed by atoms with Gasteiger partial charge in [0.15, 0.2) is 0 Å². The molecule has 0 spiro atoms. The summed E-state index contributed by atoms with van der Waals surface area (Å²) in [6.07, 6.45) is 22.2. The lowest BCUT2D eigenvalue weighted by atomic mass is 10.0. The van der Waals surface area contributed by atoms with Gasteiger partial charge in [0.05, 0.1) is 12.4 Å². The lowest BCUT2D eigenvalue weighted by Crippen LogP contribution is -2.16. The standard InChI is InChI=1S/C28H50O6S/c1-5-6-7-8-9-10-11-12-13-14-15-16-17-18-19-20-23-33-28(30)26(4)22-21-24-35(31,32)34-27(29)25(2)3/h22H,2,5-21,23-24H2,1,3-4H3. The van der Waals surface area contributed by atoms with Gasteiger partial charge in [0, 0.05) is 11.1 Å². The molecule has 0 saturated carbocycles. The van der Waals surface area contributed by atoms with E-state index in [0.29, 0.717) is 12.2 Å². The molecule has 0 aliphatic rings. The number of esters is 1. The van der Waals surface area contributed by atoms with Crippen molar-refractivity contribution in [3.8, 4) is 0 Å². The molecule has 7 heteroatoms. The van der Waals surface area contributed by atoms with Crippen molar-refractivity contribution in [2.24, 2.45) is 0 Å². The average Bonchev–Trinajstić information content (AvgIpc) is 2.80. The van der Waals surface area contributed by atoms with Crippen molar-refractivity contribution in [2.75, 3.05) is 12.4 Å². The van der Waals surface area contributed by atoms with Crippen LogP contribution in [-0.2, 0) is 28.6 Å². The van der Waals surface area contributed by atoms with Gasteiger partial charge in [-0.15, -0.1) is 0 Å². The summed E-state index contributed by atoms with van der Waals surface area (Å²) in [4.78, 5) is 23.3. The second kappa shape index (κ2) is 21.6. The van der Waals surface area contributed by atoms with Crippen LogP contribution >= 0.6 is 0 Å². The fraction of sp³-hybridized carbons (Fsp3) is 0.786. The Balaban J connectivity index is 3.62. The SMILES string of the molecule is C=C(C)C(=O)OS(=O)(=O)CCC=C(C)C(=O)OCCCCCCCCCCCCCCCCCC. The Labute approximate surface area is 215 Å². The number of ether oxygens (including phenoxy) is 1. The Hall–Kier alpha value is -1.63. The maximum atomic E-state index is 12.0. The fourth-order valence-electron chi connectivity index (χ4n) is 3.66. The molecule has 0 aromatic rings. The van der Waals surface area contributed by atoms with Crippen LogP contribution in [0.3, 0.4) is 0 Å². The minimum atomic E-state index is -4.00. The zero-order valence-corrected chi connectivity index (χ0v) is 23.4. The van der Waals surface area contributed by atoms with Gasteiger partial charge in [-0.25, -0.2) is 9.59 Å². The summed E-state index contributed by atoms with van der Waals surface area (Å²) < 4.78 is 33.1. The van der Waals surface area contributed by atoms with Crippen molar-refractivity contribution in [3.63, 3.8) is 0 Å². The molecule has 0 unspecified atom stereocenters. The van der Waals surface area contributed by atoms with Crippen molar-refractivity contribution in [3.05, 3.63) is 23.8 Å². The van der Waals surface area contributed by atoms with E-state index in [1.807, 2.05) is 0 Å². The molecule has 35 heavy (non-hydrogen) atoms. The van der Waals surface area contributed by atoms with E-state index in [4.69, 9.17) is 4.74 Å². The molecule has 0 N–H and O–H groups in total. The van der Waals surface area contributed by atoms with Crippen LogP contribution in [0.15, 0.2) is 23.8 Å². The Morgan fingerprint density at radius 2 is 1.14 bits per heavy atom. The molecule has 0 aliphatic carbocycles. The van der Waals surface area contributed by atoms with Crippen LogP contribution < -0.4 is 0 Å². The topological polar surface area (TPSA) is 86.7 Å². The molecule has 0 saturated heterocycles. The van der Waals surface area contributed by atoms with Crippen LogP contribution in [0.5, 0.6) is 0 Å². The highest BCUT2D eigenvalue weighted by Crippen LogP contribution is 2.14. The first kappa shape index (κ1) is 33.4. The van der Waals surface area contributed by atoms with E-state index in [-0.39, 0.29) is 12.0 Å². The van der Waals surface area contributed by atoms with Gasteiger partial charge in [-0.1, -0.05) is 116 Å². The zero-order chi connectivity index (χ0) is 26.4. The second-order valence-electron chi connectivity index (χ2n) is 9.53. The van der Waals surface area contributed by atoms with Crippen molar-refractivity contribution in [1.29, 1.82) is 0 Å². The quantitative estimate of drug-likeness (QED) is 0.0604. The molecule has 204 valence electrons. The lowest BCUT2D eigenvalue weighted by molar-refractivity contribution is -0.139. The monoisotopic (exact) mass is 514 g/mol. The fourth-order valence-corrected chi connectivity index (χ4v) is 4.52. The highest BCUT2D eigenvalue weighted by molar-refractivity contribution is 7.87. The van der Waals surface area contributed by atoms with Crippen LogP contribution in [0, 0.1) is 0 Å². The normalized spacial score (nSPS) is 11.9. The summed E-state index contributed by atoms with van der Waals surface area (Å²) in [5, 5.41) is 0. The number of rotatable bonds is 23. The number of unbranched alkanes of at least 4 members (excludes halogenated alkanes) is 15. The second-order valence-corrected chi connectivity index (χ2v) is 11.2. The number of carbonyl (C=O) groups is 2. The summed E-state index contributed by atoms with van der Waals surface area (Å²) in [6.45, 7) is 8.93. The van der Waals surface area contributed by atoms with Crippen LogP contribution in [0.2, 0.25) is 0 Å². The van der Waals surface area contributed by atoms with Gasteiger partial charge < -0.3 is 8.92 Å². The molecule has 0 aromatic carbocycles. The van der Waals surface area contributed by atoms with Crippen molar-refractivity contribution >= 4 is 22.1 Å². The average molecular weight is 515 g/mol. The molecule has 0 fully saturated rings. The smallest absolute Gasteiger partial charge is 0.348 e. The van der Waals surface area contributed by atoms with Gasteiger partial charge in [-0.2, -0.15) is 8.42 Å². The Morgan fingerprint density at radius 3 is 1.57 bits per heavy atom. The number of hydrogen-bond acceptors (Lipinski definition) is 6. The van der Waals surface area contributed by atoms with E-state index in [1.54, 1.807) is 6.92 Å². The van der Waals surface area contributed by atoms with Gasteiger partial charge >= 0.3 is 22.1 Å². The van der Waals surface area contributed by atoms with Gasteiger partial charge in [0.25, 0.3) is 0 Å². The third-order valence-corrected chi connectivity index (χ3v) is 7.06. The highest BCUT2D eigenvalue weighted by atomic mass is 32.2. The molecule has 6 nitrogen and oxygen atoms in total. The molecule has 0 heterocycles. The lowest BCUT2D eigenvalue weighted by Gasteiger charge is -2.06. The minimum Gasteiger partial charge on any atom is -0.462 e. The molecule has 0 aliphatic heterocycles. The molecular formula is C28H50O6S. The number of carbonyl (C=O) groups excluding carboxylic acids is 2. The maximum Gasteiger partial charge on any atom is 0.348 e. The van der Waals surface area contributed by atoms with Gasteiger partial charge in [-0.3, -0.25) is 0 Å². The molecule has 0 amide bonds. The predicted molar refractivity (Wildman–Crippen MR) is 144 cm³/mol. The van der Waals surface area contributed by atoms with Crippen molar-refractivity contribution < 1.29 is 26.9 Å². The molecule has 0 rings (SSSR count). The van der Waals surface area contributed by atoms with Crippen molar-refractivity contribution in [1.82, 2.24) is 0 Å². The van der Waals surface area contributed by atoms with E-state index in [2.05, 4.69) is 17.7 Å². The highest BCUT2D eigenvalue weighted by Gasteiger charge is 2.17. The Bertz CT molecular complexity index is 724. The zero-order valence-electron chi connectivity index (χ0n) is 22.6. The summed E-state index contributed by atoms with van der Waals surface area (Å²) in [5.41, 5.74) is 0.362. The molecule has 0 aromatic heterocycles. The Morgan fingerprint density at radius 1 is 0.714 bits per heavy atom. The molecule has 0 radical (unpaired) electrons. The number of allylic oxidation sites excluding steroid dienone is 1. The first-order valence-corrected chi connectivity index (χ1v) is 15.2. The summed E-state index contributed by atoms with van der Waals surface area (Å²) >= 11 is 0.